The maximum absolute atomic E-state index is 12.4. The largest absolute Gasteiger partial charge is 0.476 e. The molecule has 6 nitrogen and oxygen atoms in total. The molecule has 2 rings (SSSR count). The Morgan fingerprint density at radius 3 is 2.57 bits per heavy atom. The molecular formula is C16H24N2O4S. The van der Waals surface area contributed by atoms with Crippen molar-refractivity contribution in [2.24, 2.45) is 5.92 Å². The van der Waals surface area contributed by atoms with E-state index in [2.05, 4.69) is 5.32 Å². The lowest BCUT2D eigenvalue weighted by Crippen LogP contribution is -2.52. The predicted octanol–water partition coefficient (Wildman–Crippen LogP) is 1.68. The lowest BCUT2D eigenvalue weighted by Gasteiger charge is -2.34. The molecule has 128 valence electrons. The Kier molecular flexibility index (Phi) is 4.89. The van der Waals surface area contributed by atoms with E-state index in [1.54, 1.807) is 12.1 Å². The van der Waals surface area contributed by atoms with Gasteiger partial charge in [-0.1, -0.05) is 19.9 Å². The molecule has 1 amide bonds. The van der Waals surface area contributed by atoms with E-state index in [4.69, 9.17) is 4.74 Å². The molecular weight excluding hydrogens is 316 g/mol. The van der Waals surface area contributed by atoms with Crippen LogP contribution in [0.4, 0.5) is 5.69 Å². The smallest absolute Gasteiger partial charge is 0.263 e. The average molecular weight is 340 g/mol. The number of hydrogen-bond donors (Lipinski definition) is 1. The highest BCUT2D eigenvalue weighted by Gasteiger charge is 2.35. The molecule has 0 aliphatic carbocycles. The minimum absolute atomic E-state index is 0.0165. The maximum atomic E-state index is 12.4. The standard InChI is InChI=1S/C16H24N2O4S/c1-10(2)12(4)17-16(19)15-9-18(23(5,20)21)13-8-11(3)6-7-14(13)22-15/h6-8,10,12,15H,9H2,1-5H3,(H,17,19)/t12-,15+/m0/s1. The highest BCUT2D eigenvalue weighted by molar-refractivity contribution is 7.92. The van der Waals surface area contributed by atoms with Crippen molar-refractivity contribution >= 4 is 21.6 Å². The van der Waals surface area contributed by atoms with Gasteiger partial charge < -0.3 is 10.1 Å². The normalized spacial score (nSPS) is 19.0. The number of ether oxygens (including phenoxy) is 1. The lowest BCUT2D eigenvalue weighted by molar-refractivity contribution is -0.128. The number of nitrogens with one attached hydrogen (secondary N) is 1. The lowest BCUT2D eigenvalue weighted by atomic mass is 10.1. The van der Waals surface area contributed by atoms with Crippen molar-refractivity contribution < 1.29 is 17.9 Å². The Hall–Kier alpha value is -1.76. The van der Waals surface area contributed by atoms with Crippen LogP contribution in [0.5, 0.6) is 5.75 Å². The fourth-order valence-corrected chi connectivity index (χ4v) is 3.20. The molecule has 1 aromatic carbocycles. The summed E-state index contributed by atoms with van der Waals surface area (Å²) in [5, 5.41) is 2.88. The van der Waals surface area contributed by atoms with Gasteiger partial charge in [0.05, 0.1) is 18.5 Å². The van der Waals surface area contributed by atoms with Crippen molar-refractivity contribution in [1.82, 2.24) is 5.32 Å². The fourth-order valence-electron chi connectivity index (χ4n) is 2.30. The summed E-state index contributed by atoms with van der Waals surface area (Å²) in [6, 6.07) is 5.27. The third-order valence-corrected chi connectivity index (χ3v) is 5.19. The van der Waals surface area contributed by atoms with Crippen LogP contribution in [0, 0.1) is 12.8 Å². The van der Waals surface area contributed by atoms with E-state index in [1.807, 2.05) is 33.8 Å². The summed E-state index contributed by atoms with van der Waals surface area (Å²) in [4.78, 5) is 12.4. The SMILES string of the molecule is Cc1ccc2c(c1)N(S(C)(=O)=O)C[C@H](C(=O)N[C@@H](C)C(C)C)O2. The molecule has 0 saturated heterocycles. The van der Waals surface area contributed by atoms with E-state index in [1.165, 1.54) is 4.31 Å². The monoisotopic (exact) mass is 340 g/mol. The van der Waals surface area contributed by atoms with Gasteiger partial charge in [-0.2, -0.15) is 0 Å². The number of benzene rings is 1. The molecule has 0 fully saturated rings. The first kappa shape index (κ1) is 17.6. The van der Waals surface area contributed by atoms with Gasteiger partial charge in [0.2, 0.25) is 10.0 Å². The first-order valence-corrected chi connectivity index (χ1v) is 9.50. The van der Waals surface area contributed by atoms with Crippen LogP contribution in [0.3, 0.4) is 0 Å². The van der Waals surface area contributed by atoms with Crippen LogP contribution < -0.4 is 14.4 Å². The Balaban J connectivity index is 2.30. The Morgan fingerprint density at radius 2 is 2.00 bits per heavy atom. The summed E-state index contributed by atoms with van der Waals surface area (Å²) in [5.41, 5.74) is 1.41. The Bertz CT molecular complexity index is 700. The second-order valence-electron chi connectivity index (χ2n) is 6.41. The van der Waals surface area contributed by atoms with Crippen molar-refractivity contribution in [3.63, 3.8) is 0 Å². The number of carbonyl (C=O) groups is 1. The average Bonchev–Trinajstić information content (AvgIpc) is 2.44. The van der Waals surface area contributed by atoms with Gasteiger partial charge in [-0.25, -0.2) is 8.42 Å². The first-order chi connectivity index (χ1) is 10.6. The van der Waals surface area contributed by atoms with Gasteiger partial charge in [-0.15, -0.1) is 0 Å². The summed E-state index contributed by atoms with van der Waals surface area (Å²) < 4.78 is 31.2. The molecule has 0 aromatic heterocycles. The Morgan fingerprint density at radius 1 is 1.35 bits per heavy atom. The molecule has 1 aromatic rings. The third-order valence-electron chi connectivity index (χ3n) is 4.05. The molecule has 0 saturated carbocycles. The van der Waals surface area contributed by atoms with Crippen LogP contribution in [0.1, 0.15) is 26.3 Å². The van der Waals surface area contributed by atoms with Gasteiger partial charge in [0.15, 0.2) is 6.10 Å². The van der Waals surface area contributed by atoms with Crippen LogP contribution in [0.15, 0.2) is 18.2 Å². The molecule has 7 heteroatoms. The molecule has 0 radical (unpaired) electrons. The number of sulfonamides is 1. The highest BCUT2D eigenvalue weighted by Crippen LogP contribution is 2.35. The number of hydrogen-bond acceptors (Lipinski definition) is 4. The van der Waals surface area contributed by atoms with E-state index in [-0.39, 0.29) is 24.4 Å². The van der Waals surface area contributed by atoms with Crippen LogP contribution in [-0.2, 0) is 14.8 Å². The van der Waals surface area contributed by atoms with Gasteiger partial charge >= 0.3 is 0 Å². The quantitative estimate of drug-likeness (QED) is 0.905. The number of amides is 1. The summed E-state index contributed by atoms with van der Waals surface area (Å²) in [6.45, 7) is 7.79. The Labute approximate surface area is 137 Å². The van der Waals surface area contributed by atoms with Crippen LogP contribution in [0.25, 0.3) is 0 Å². The zero-order valence-corrected chi connectivity index (χ0v) is 15.0. The fraction of sp³-hybridized carbons (Fsp3) is 0.562. The molecule has 1 aliphatic rings. The molecule has 1 N–H and O–H groups in total. The summed E-state index contributed by atoms with van der Waals surface area (Å²) in [7, 11) is -3.49. The highest BCUT2D eigenvalue weighted by atomic mass is 32.2. The number of rotatable bonds is 4. The minimum Gasteiger partial charge on any atom is -0.476 e. The second-order valence-corrected chi connectivity index (χ2v) is 8.32. The molecule has 0 spiro atoms. The molecule has 23 heavy (non-hydrogen) atoms. The molecule has 1 aliphatic heterocycles. The van der Waals surface area contributed by atoms with Crippen LogP contribution in [-0.4, -0.2) is 39.3 Å². The summed E-state index contributed by atoms with van der Waals surface area (Å²) in [5.74, 6) is 0.388. The number of fused-ring (bicyclic) bond motifs is 1. The number of aryl methyl sites for hydroxylation is 1. The zero-order chi connectivity index (χ0) is 17.4. The maximum Gasteiger partial charge on any atom is 0.263 e. The third kappa shape index (κ3) is 3.96. The molecule has 1 heterocycles. The van der Waals surface area contributed by atoms with E-state index in [0.717, 1.165) is 11.8 Å². The minimum atomic E-state index is -3.49. The van der Waals surface area contributed by atoms with Crippen molar-refractivity contribution in [3.8, 4) is 5.75 Å². The molecule has 0 bridgehead atoms. The van der Waals surface area contributed by atoms with Crippen molar-refractivity contribution in [2.75, 3.05) is 17.1 Å². The van der Waals surface area contributed by atoms with Gasteiger partial charge in [0, 0.05) is 6.04 Å². The number of nitrogens with zero attached hydrogens (tertiary/aromatic N) is 1. The summed E-state index contributed by atoms with van der Waals surface area (Å²) in [6.07, 6.45) is 0.275. The molecule has 2 atom stereocenters. The van der Waals surface area contributed by atoms with Crippen LogP contribution in [0.2, 0.25) is 0 Å². The zero-order valence-electron chi connectivity index (χ0n) is 14.2. The van der Waals surface area contributed by atoms with Crippen molar-refractivity contribution in [3.05, 3.63) is 23.8 Å². The summed E-state index contributed by atoms with van der Waals surface area (Å²) >= 11 is 0. The van der Waals surface area contributed by atoms with Gasteiger partial charge in [-0.3, -0.25) is 9.10 Å². The van der Waals surface area contributed by atoms with E-state index in [0.29, 0.717) is 11.4 Å². The van der Waals surface area contributed by atoms with Crippen molar-refractivity contribution in [2.45, 2.75) is 39.8 Å². The van der Waals surface area contributed by atoms with E-state index in [9.17, 15) is 13.2 Å². The van der Waals surface area contributed by atoms with Crippen LogP contribution >= 0.6 is 0 Å². The van der Waals surface area contributed by atoms with Gasteiger partial charge in [0.25, 0.3) is 5.91 Å². The topological polar surface area (TPSA) is 75.7 Å². The molecule has 0 unspecified atom stereocenters. The van der Waals surface area contributed by atoms with E-state index >= 15 is 0 Å². The number of anilines is 1. The van der Waals surface area contributed by atoms with E-state index < -0.39 is 16.1 Å². The van der Waals surface area contributed by atoms with Gasteiger partial charge in [0.1, 0.15) is 5.75 Å². The first-order valence-electron chi connectivity index (χ1n) is 7.65. The predicted molar refractivity (Wildman–Crippen MR) is 90.2 cm³/mol. The van der Waals surface area contributed by atoms with Gasteiger partial charge in [-0.05, 0) is 37.5 Å². The second kappa shape index (κ2) is 6.39. The van der Waals surface area contributed by atoms with Crippen molar-refractivity contribution in [1.29, 1.82) is 0 Å². The number of carbonyl (C=O) groups excluding carboxylic acids is 1.